The Morgan fingerprint density at radius 2 is 1.92 bits per heavy atom. The third-order valence-corrected chi connectivity index (χ3v) is 3.21. The maximum Gasteiger partial charge on any atom is 0.148 e. The summed E-state index contributed by atoms with van der Waals surface area (Å²) in [5, 5.41) is 3.26. The minimum Gasteiger partial charge on any atom is -0.313 e. The summed E-state index contributed by atoms with van der Waals surface area (Å²) in [5.41, 5.74) is 0. The molecule has 1 saturated carbocycles. The van der Waals surface area contributed by atoms with E-state index < -0.39 is 9.84 Å². The zero-order chi connectivity index (χ0) is 9.03. The van der Waals surface area contributed by atoms with Gasteiger partial charge in [-0.3, -0.25) is 0 Å². The zero-order valence-corrected chi connectivity index (χ0v) is 8.36. The maximum atomic E-state index is 10.8. The highest BCUT2D eigenvalue weighted by Gasteiger charge is 2.14. The van der Waals surface area contributed by atoms with Crippen molar-refractivity contribution in [2.75, 3.05) is 18.6 Å². The van der Waals surface area contributed by atoms with Crippen molar-refractivity contribution in [1.82, 2.24) is 5.32 Å². The molecule has 0 radical (unpaired) electrons. The third-order valence-electron chi connectivity index (χ3n) is 2.26. The first kappa shape index (κ1) is 9.99. The Morgan fingerprint density at radius 1 is 1.33 bits per heavy atom. The SMILES string of the molecule is CS(=O)(=O)CCNC1CCCC1. The van der Waals surface area contributed by atoms with Crippen LogP contribution in [0.4, 0.5) is 0 Å². The molecule has 1 fully saturated rings. The molecule has 0 heterocycles. The molecule has 1 aliphatic carbocycles. The smallest absolute Gasteiger partial charge is 0.148 e. The lowest BCUT2D eigenvalue weighted by Crippen LogP contribution is -2.30. The zero-order valence-electron chi connectivity index (χ0n) is 7.54. The lowest BCUT2D eigenvalue weighted by atomic mass is 10.2. The van der Waals surface area contributed by atoms with Gasteiger partial charge in [-0.1, -0.05) is 12.8 Å². The summed E-state index contributed by atoms with van der Waals surface area (Å²) in [6.45, 7) is 0.615. The van der Waals surface area contributed by atoms with Crippen molar-refractivity contribution in [3.63, 3.8) is 0 Å². The van der Waals surface area contributed by atoms with Gasteiger partial charge >= 0.3 is 0 Å². The van der Waals surface area contributed by atoms with Gasteiger partial charge in [0.05, 0.1) is 5.75 Å². The second kappa shape index (κ2) is 4.23. The highest BCUT2D eigenvalue weighted by Crippen LogP contribution is 2.17. The molecule has 4 heteroatoms. The largest absolute Gasteiger partial charge is 0.313 e. The van der Waals surface area contributed by atoms with Crippen molar-refractivity contribution >= 4 is 9.84 Å². The van der Waals surface area contributed by atoms with Crippen LogP contribution >= 0.6 is 0 Å². The molecule has 3 nitrogen and oxygen atoms in total. The van der Waals surface area contributed by atoms with E-state index in [4.69, 9.17) is 0 Å². The Kier molecular flexibility index (Phi) is 3.53. The van der Waals surface area contributed by atoms with Crippen LogP contribution in [-0.4, -0.2) is 33.0 Å². The lowest BCUT2D eigenvalue weighted by Gasteiger charge is -2.10. The van der Waals surface area contributed by atoms with Crippen molar-refractivity contribution < 1.29 is 8.42 Å². The number of sulfone groups is 1. The fraction of sp³-hybridized carbons (Fsp3) is 1.00. The van der Waals surface area contributed by atoms with Gasteiger partial charge in [-0.25, -0.2) is 8.42 Å². The monoisotopic (exact) mass is 191 g/mol. The van der Waals surface area contributed by atoms with Crippen molar-refractivity contribution in [2.45, 2.75) is 31.7 Å². The molecule has 0 aromatic carbocycles. The molecular weight excluding hydrogens is 174 g/mol. The molecule has 0 aromatic rings. The molecule has 0 atom stereocenters. The minimum absolute atomic E-state index is 0.267. The second-order valence-electron chi connectivity index (χ2n) is 3.57. The van der Waals surface area contributed by atoms with Gasteiger partial charge < -0.3 is 5.32 Å². The quantitative estimate of drug-likeness (QED) is 0.706. The van der Waals surface area contributed by atoms with Crippen LogP contribution in [0.5, 0.6) is 0 Å². The first-order chi connectivity index (χ1) is 5.58. The fourth-order valence-corrected chi connectivity index (χ4v) is 2.07. The molecule has 1 aliphatic rings. The van der Waals surface area contributed by atoms with E-state index in [9.17, 15) is 8.42 Å². The molecule has 0 aromatic heterocycles. The Morgan fingerprint density at radius 3 is 2.42 bits per heavy atom. The molecule has 72 valence electrons. The Hall–Kier alpha value is -0.0900. The second-order valence-corrected chi connectivity index (χ2v) is 5.83. The van der Waals surface area contributed by atoms with Crippen LogP contribution in [0.3, 0.4) is 0 Å². The molecule has 12 heavy (non-hydrogen) atoms. The highest BCUT2D eigenvalue weighted by atomic mass is 32.2. The molecule has 1 N–H and O–H groups in total. The van der Waals surface area contributed by atoms with E-state index >= 15 is 0 Å². The number of rotatable bonds is 4. The summed E-state index contributed by atoms with van der Waals surface area (Å²) in [6.07, 6.45) is 6.28. The van der Waals surface area contributed by atoms with Gasteiger partial charge in [0.1, 0.15) is 9.84 Å². The summed E-state index contributed by atoms with van der Waals surface area (Å²) >= 11 is 0. The molecule has 0 bridgehead atoms. The van der Waals surface area contributed by atoms with Crippen molar-refractivity contribution in [3.05, 3.63) is 0 Å². The van der Waals surface area contributed by atoms with E-state index in [1.54, 1.807) is 0 Å². The van der Waals surface area contributed by atoms with Crippen molar-refractivity contribution in [3.8, 4) is 0 Å². The first-order valence-electron chi connectivity index (χ1n) is 4.49. The van der Waals surface area contributed by atoms with Gasteiger partial charge in [0.15, 0.2) is 0 Å². The minimum atomic E-state index is -2.78. The van der Waals surface area contributed by atoms with Crippen LogP contribution < -0.4 is 5.32 Å². The van der Waals surface area contributed by atoms with Gasteiger partial charge in [0.2, 0.25) is 0 Å². The Labute approximate surface area is 74.5 Å². The molecule has 0 spiro atoms. The number of nitrogens with one attached hydrogen (secondary N) is 1. The van der Waals surface area contributed by atoms with Gasteiger partial charge in [0, 0.05) is 18.8 Å². The summed E-state index contributed by atoms with van der Waals surface area (Å²) in [5.74, 6) is 0.267. The van der Waals surface area contributed by atoms with Crippen LogP contribution in [0.1, 0.15) is 25.7 Å². The van der Waals surface area contributed by atoms with E-state index in [1.807, 2.05) is 0 Å². The average molecular weight is 191 g/mol. The van der Waals surface area contributed by atoms with Crippen LogP contribution in [0.15, 0.2) is 0 Å². The summed E-state index contributed by atoms with van der Waals surface area (Å²) in [7, 11) is -2.78. The number of hydrogen-bond acceptors (Lipinski definition) is 3. The highest BCUT2D eigenvalue weighted by molar-refractivity contribution is 7.90. The lowest BCUT2D eigenvalue weighted by molar-refractivity contribution is 0.537. The molecule has 0 amide bonds. The Balaban J connectivity index is 2.09. The van der Waals surface area contributed by atoms with E-state index in [2.05, 4.69) is 5.32 Å². The van der Waals surface area contributed by atoms with Crippen LogP contribution in [0.2, 0.25) is 0 Å². The van der Waals surface area contributed by atoms with Crippen LogP contribution in [0, 0.1) is 0 Å². The average Bonchev–Trinajstić information content (AvgIpc) is 2.36. The Bertz CT molecular complexity index is 217. The predicted octanol–water partition coefficient (Wildman–Crippen LogP) is 0.563. The molecule has 0 unspecified atom stereocenters. The maximum absolute atomic E-state index is 10.8. The summed E-state index contributed by atoms with van der Waals surface area (Å²) in [6, 6.07) is 0.576. The van der Waals surface area contributed by atoms with Crippen molar-refractivity contribution in [2.24, 2.45) is 0 Å². The fourth-order valence-electron chi connectivity index (χ4n) is 1.58. The molecule has 0 aliphatic heterocycles. The third kappa shape index (κ3) is 4.07. The number of hydrogen-bond donors (Lipinski definition) is 1. The normalized spacial score (nSPS) is 20.1. The topological polar surface area (TPSA) is 46.2 Å². The molecule has 0 saturated heterocycles. The van der Waals surface area contributed by atoms with Crippen molar-refractivity contribution in [1.29, 1.82) is 0 Å². The van der Waals surface area contributed by atoms with Gasteiger partial charge in [0.25, 0.3) is 0 Å². The van der Waals surface area contributed by atoms with Crippen LogP contribution in [-0.2, 0) is 9.84 Å². The molecular formula is C8H17NO2S. The van der Waals surface area contributed by atoms with E-state index in [-0.39, 0.29) is 5.75 Å². The van der Waals surface area contributed by atoms with Crippen LogP contribution in [0.25, 0.3) is 0 Å². The summed E-state index contributed by atoms with van der Waals surface area (Å²) in [4.78, 5) is 0. The van der Waals surface area contributed by atoms with Gasteiger partial charge in [-0.2, -0.15) is 0 Å². The first-order valence-corrected chi connectivity index (χ1v) is 6.55. The summed E-state index contributed by atoms with van der Waals surface area (Å²) < 4.78 is 21.5. The van der Waals surface area contributed by atoms with Gasteiger partial charge in [-0.05, 0) is 12.8 Å². The van der Waals surface area contributed by atoms with Gasteiger partial charge in [-0.15, -0.1) is 0 Å². The van der Waals surface area contributed by atoms with E-state index in [1.165, 1.54) is 31.9 Å². The van der Waals surface area contributed by atoms with E-state index in [0.29, 0.717) is 12.6 Å². The molecule has 1 rings (SSSR count). The standard InChI is InChI=1S/C8H17NO2S/c1-12(10,11)7-6-9-8-4-2-3-5-8/h8-9H,2-7H2,1H3. The van der Waals surface area contributed by atoms with E-state index in [0.717, 1.165) is 0 Å². The predicted molar refractivity (Wildman–Crippen MR) is 50.0 cm³/mol.